The van der Waals surface area contributed by atoms with Crippen molar-refractivity contribution < 1.29 is 9.26 Å². The molecule has 1 fully saturated rings. The minimum atomic E-state index is -0.126. The van der Waals surface area contributed by atoms with E-state index >= 15 is 0 Å². The Bertz CT molecular complexity index is 876. The summed E-state index contributed by atoms with van der Waals surface area (Å²) >= 11 is 3.24. The largest absolute Gasteiger partial charge is 0.376 e. The molecule has 4 heterocycles. The lowest BCUT2D eigenvalue weighted by molar-refractivity contribution is 0.0953. The van der Waals surface area contributed by atoms with Gasteiger partial charge in [-0.25, -0.2) is 0 Å². The van der Waals surface area contributed by atoms with E-state index < -0.39 is 0 Å². The molecule has 3 aromatic heterocycles. The lowest BCUT2D eigenvalue weighted by Gasteiger charge is -2.13. The molecule has 1 atom stereocenters. The molecule has 0 saturated carbocycles. The van der Waals surface area contributed by atoms with E-state index in [0.717, 1.165) is 47.7 Å². The van der Waals surface area contributed by atoms with Gasteiger partial charge in [-0.2, -0.15) is 4.98 Å². The van der Waals surface area contributed by atoms with Crippen molar-refractivity contribution in [3.63, 3.8) is 0 Å². The second-order valence-corrected chi connectivity index (χ2v) is 9.47. The van der Waals surface area contributed by atoms with Crippen LogP contribution in [0.1, 0.15) is 45.3 Å². The lowest BCUT2D eigenvalue weighted by Crippen LogP contribution is -2.16. The molecule has 0 spiro atoms. The summed E-state index contributed by atoms with van der Waals surface area (Å²) in [5.41, 5.74) is -0.126. The number of ether oxygens (including phenoxy) is 1. The Kier molecular flexibility index (Phi) is 5.34. The molecule has 0 bridgehead atoms. The van der Waals surface area contributed by atoms with E-state index in [2.05, 4.69) is 57.1 Å². The van der Waals surface area contributed by atoms with Gasteiger partial charge in [0.25, 0.3) is 0 Å². The first kappa shape index (κ1) is 18.6. The molecule has 1 aliphatic rings. The van der Waals surface area contributed by atoms with Crippen molar-refractivity contribution in [1.82, 2.24) is 24.9 Å². The van der Waals surface area contributed by atoms with E-state index in [-0.39, 0.29) is 11.5 Å². The first-order valence-corrected chi connectivity index (χ1v) is 10.9. The molecule has 0 N–H and O–H groups in total. The van der Waals surface area contributed by atoms with Crippen LogP contribution >= 0.6 is 23.1 Å². The standard InChI is InChI=1S/C18H23N5O2S2/c1-18(2,3)16-19-14(25-22-16)11-27-17-21-20-15(13-7-5-9-26-13)23(17)10-12-6-4-8-24-12/h5,7,9,12H,4,6,8,10-11H2,1-3H3. The molecular weight excluding hydrogens is 382 g/mol. The molecule has 9 heteroatoms. The van der Waals surface area contributed by atoms with Crippen LogP contribution in [-0.2, 0) is 22.4 Å². The summed E-state index contributed by atoms with van der Waals surface area (Å²) in [6, 6.07) is 4.10. The second-order valence-electron chi connectivity index (χ2n) is 7.58. The van der Waals surface area contributed by atoms with Crippen molar-refractivity contribution in [2.24, 2.45) is 0 Å². The van der Waals surface area contributed by atoms with Crippen LogP contribution in [0.5, 0.6) is 0 Å². The Morgan fingerprint density at radius 3 is 2.89 bits per heavy atom. The molecule has 1 aliphatic heterocycles. The van der Waals surface area contributed by atoms with Crippen molar-refractivity contribution >= 4 is 23.1 Å². The fourth-order valence-electron chi connectivity index (χ4n) is 2.88. The number of hydrogen-bond donors (Lipinski definition) is 0. The van der Waals surface area contributed by atoms with Gasteiger partial charge in [-0.3, -0.25) is 4.57 Å². The van der Waals surface area contributed by atoms with Crippen LogP contribution in [0.25, 0.3) is 10.7 Å². The highest BCUT2D eigenvalue weighted by Gasteiger charge is 2.24. The summed E-state index contributed by atoms with van der Waals surface area (Å²) in [7, 11) is 0. The smallest absolute Gasteiger partial charge is 0.237 e. The summed E-state index contributed by atoms with van der Waals surface area (Å²) < 4.78 is 13.4. The van der Waals surface area contributed by atoms with Gasteiger partial charge in [0.1, 0.15) is 0 Å². The molecule has 7 nitrogen and oxygen atoms in total. The quantitative estimate of drug-likeness (QED) is 0.570. The van der Waals surface area contributed by atoms with Crippen molar-refractivity contribution in [1.29, 1.82) is 0 Å². The van der Waals surface area contributed by atoms with E-state index in [0.29, 0.717) is 11.6 Å². The van der Waals surface area contributed by atoms with Crippen LogP contribution in [0.2, 0.25) is 0 Å². The number of nitrogens with zero attached hydrogens (tertiary/aromatic N) is 5. The van der Waals surface area contributed by atoms with Crippen LogP contribution in [0.4, 0.5) is 0 Å². The fourth-order valence-corrected chi connectivity index (χ4v) is 4.39. The number of thioether (sulfide) groups is 1. The zero-order valence-corrected chi connectivity index (χ0v) is 17.3. The highest BCUT2D eigenvalue weighted by Crippen LogP contribution is 2.30. The molecule has 0 aromatic carbocycles. The Hall–Kier alpha value is -1.71. The molecule has 0 amide bonds. The molecule has 27 heavy (non-hydrogen) atoms. The Morgan fingerprint density at radius 1 is 1.33 bits per heavy atom. The fraction of sp³-hybridized carbons (Fsp3) is 0.556. The van der Waals surface area contributed by atoms with E-state index in [9.17, 15) is 0 Å². The van der Waals surface area contributed by atoms with Crippen LogP contribution in [0, 0.1) is 0 Å². The van der Waals surface area contributed by atoms with Gasteiger partial charge in [0.15, 0.2) is 16.8 Å². The molecule has 0 aliphatic carbocycles. The predicted octanol–water partition coefficient (Wildman–Crippen LogP) is 4.16. The van der Waals surface area contributed by atoms with Gasteiger partial charge in [0, 0.05) is 12.0 Å². The maximum atomic E-state index is 5.83. The van der Waals surface area contributed by atoms with E-state index in [1.807, 2.05) is 6.07 Å². The average molecular weight is 406 g/mol. The summed E-state index contributed by atoms with van der Waals surface area (Å²) in [5, 5.41) is 15.9. The normalized spacial score (nSPS) is 17.7. The van der Waals surface area contributed by atoms with Crippen molar-refractivity contribution in [2.75, 3.05) is 6.61 Å². The average Bonchev–Trinajstić information content (AvgIpc) is 3.40. The Balaban J connectivity index is 1.53. The van der Waals surface area contributed by atoms with Crippen LogP contribution < -0.4 is 0 Å². The Labute approximate surface area is 166 Å². The Morgan fingerprint density at radius 2 is 2.22 bits per heavy atom. The summed E-state index contributed by atoms with van der Waals surface area (Å²) in [4.78, 5) is 5.62. The summed E-state index contributed by atoms with van der Waals surface area (Å²) in [6.45, 7) is 7.81. The van der Waals surface area contributed by atoms with Gasteiger partial charge in [0.2, 0.25) is 5.89 Å². The first-order chi connectivity index (χ1) is 13.0. The monoisotopic (exact) mass is 405 g/mol. The molecule has 144 valence electrons. The van der Waals surface area contributed by atoms with Crippen molar-refractivity contribution in [3.05, 3.63) is 29.2 Å². The zero-order chi connectivity index (χ0) is 18.9. The van der Waals surface area contributed by atoms with Crippen LogP contribution in [0.15, 0.2) is 27.2 Å². The van der Waals surface area contributed by atoms with Crippen molar-refractivity contribution in [3.8, 4) is 10.7 Å². The van der Waals surface area contributed by atoms with Gasteiger partial charge in [-0.15, -0.1) is 21.5 Å². The van der Waals surface area contributed by atoms with E-state index in [1.165, 1.54) is 0 Å². The van der Waals surface area contributed by atoms with Gasteiger partial charge in [0.05, 0.1) is 23.3 Å². The van der Waals surface area contributed by atoms with Gasteiger partial charge in [-0.1, -0.05) is 43.8 Å². The van der Waals surface area contributed by atoms with Gasteiger partial charge >= 0.3 is 0 Å². The maximum Gasteiger partial charge on any atom is 0.237 e. The van der Waals surface area contributed by atoms with E-state index in [1.54, 1.807) is 23.1 Å². The van der Waals surface area contributed by atoms with Gasteiger partial charge in [-0.05, 0) is 24.3 Å². The topological polar surface area (TPSA) is 78.9 Å². The van der Waals surface area contributed by atoms with Crippen LogP contribution in [-0.4, -0.2) is 37.6 Å². The van der Waals surface area contributed by atoms with Crippen molar-refractivity contribution in [2.45, 2.75) is 62.6 Å². The van der Waals surface area contributed by atoms with E-state index in [4.69, 9.17) is 9.26 Å². The molecule has 4 rings (SSSR count). The number of rotatable bonds is 6. The predicted molar refractivity (Wildman–Crippen MR) is 105 cm³/mol. The third kappa shape index (κ3) is 4.25. The molecule has 3 aromatic rings. The zero-order valence-electron chi connectivity index (χ0n) is 15.7. The third-order valence-electron chi connectivity index (χ3n) is 4.33. The highest BCUT2D eigenvalue weighted by atomic mass is 32.2. The third-order valence-corrected chi connectivity index (χ3v) is 6.15. The molecular formula is C18H23N5O2S2. The molecule has 0 radical (unpaired) electrons. The van der Waals surface area contributed by atoms with Crippen LogP contribution in [0.3, 0.4) is 0 Å². The maximum absolute atomic E-state index is 5.83. The number of aromatic nitrogens is 5. The SMILES string of the molecule is CC(C)(C)c1noc(CSc2nnc(-c3cccs3)n2CC2CCCO2)n1. The highest BCUT2D eigenvalue weighted by molar-refractivity contribution is 7.98. The molecule has 1 unspecified atom stereocenters. The summed E-state index contributed by atoms with van der Waals surface area (Å²) in [6.07, 6.45) is 2.40. The minimum absolute atomic E-state index is 0.126. The van der Waals surface area contributed by atoms with Gasteiger partial charge < -0.3 is 9.26 Å². The first-order valence-electron chi connectivity index (χ1n) is 9.05. The summed E-state index contributed by atoms with van der Waals surface area (Å²) in [5.74, 6) is 2.79. The number of hydrogen-bond acceptors (Lipinski definition) is 8. The lowest BCUT2D eigenvalue weighted by atomic mass is 9.96. The number of thiophene rings is 1. The molecule has 1 saturated heterocycles. The second kappa shape index (κ2) is 7.73. The minimum Gasteiger partial charge on any atom is -0.376 e.